The van der Waals surface area contributed by atoms with E-state index in [1.807, 2.05) is 18.2 Å². The van der Waals surface area contributed by atoms with Crippen molar-refractivity contribution in [2.45, 2.75) is 19.4 Å². The third-order valence-corrected chi connectivity index (χ3v) is 2.94. The van der Waals surface area contributed by atoms with Gasteiger partial charge in [-0.05, 0) is 30.0 Å². The molecule has 1 aromatic carbocycles. The lowest BCUT2D eigenvalue weighted by atomic mass is 9.97. The van der Waals surface area contributed by atoms with E-state index in [2.05, 4.69) is 6.92 Å². The van der Waals surface area contributed by atoms with Gasteiger partial charge in [-0.3, -0.25) is 0 Å². The van der Waals surface area contributed by atoms with Gasteiger partial charge in [0.15, 0.2) is 11.5 Å². The Kier molecular flexibility index (Phi) is 5.95. The fourth-order valence-electron chi connectivity index (χ4n) is 2.01. The van der Waals surface area contributed by atoms with Crippen LogP contribution in [0.5, 0.6) is 11.5 Å². The Balaban J connectivity index is 2.76. The lowest BCUT2D eigenvalue weighted by Crippen LogP contribution is -2.16. The van der Waals surface area contributed by atoms with Gasteiger partial charge >= 0.3 is 0 Å². The molecule has 0 aliphatic carbocycles. The number of rotatable bonds is 7. The molecule has 2 N–H and O–H groups in total. The molecular formula is C14H23NO3. The average Bonchev–Trinajstić information content (AvgIpc) is 2.38. The standard InChI is InChI=1S/C14H23NO3/c1-10(9-16-2)7-12(15)11-5-6-13(17-3)14(8-11)18-4/h5-6,8,10,12H,7,9,15H2,1-4H3. The molecule has 0 saturated heterocycles. The van der Waals surface area contributed by atoms with Gasteiger partial charge in [0.2, 0.25) is 0 Å². The molecule has 18 heavy (non-hydrogen) atoms. The monoisotopic (exact) mass is 253 g/mol. The highest BCUT2D eigenvalue weighted by Gasteiger charge is 2.13. The summed E-state index contributed by atoms with van der Waals surface area (Å²) < 4.78 is 15.6. The van der Waals surface area contributed by atoms with Gasteiger partial charge in [0.05, 0.1) is 14.2 Å². The minimum Gasteiger partial charge on any atom is -0.493 e. The van der Waals surface area contributed by atoms with Crippen LogP contribution in [0.3, 0.4) is 0 Å². The zero-order valence-electron chi connectivity index (χ0n) is 11.6. The Morgan fingerprint density at radius 1 is 1.11 bits per heavy atom. The molecule has 0 aromatic heterocycles. The van der Waals surface area contributed by atoms with Crippen LogP contribution in [0.4, 0.5) is 0 Å². The lowest BCUT2D eigenvalue weighted by molar-refractivity contribution is 0.152. The van der Waals surface area contributed by atoms with E-state index < -0.39 is 0 Å². The molecule has 0 spiro atoms. The minimum atomic E-state index is -0.0186. The van der Waals surface area contributed by atoms with Gasteiger partial charge in [-0.1, -0.05) is 13.0 Å². The first-order chi connectivity index (χ1) is 8.62. The van der Waals surface area contributed by atoms with Gasteiger partial charge in [-0.2, -0.15) is 0 Å². The Bertz CT molecular complexity index is 368. The van der Waals surface area contributed by atoms with Gasteiger partial charge in [0.1, 0.15) is 0 Å². The molecule has 0 aliphatic rings. The van der Waals surface area contributed by atoms with E-state index in [1.165, 1.54) is 0 Å². The number of ether oxygens (including phenoxy) is 3. The zero-order chi connectivity index (χ0) is 13.5. The zero-order valence-corrected chi connectivity index (χ0v) is 11.6. The number of hydrogen-bond donors (Lipinski definition) is 1. The molecule has 2 unspecified atom stereocenters. The second kappa shape index (κ2) is 7.24. The summed E-state index contributed by atoms with van der Waals surface area (Å²) in [6.07, 6.45) is 0.878. The van der Waals surface area contributed by atoms with Crippen LogP contribution in [-0.4, -0.2) is 27.9 Å². The van der Waals surface area contributed by atoms with Gasteiger partial charge < -0.3 is 19.9 Å². The van der Waals surface area contributed by atoms with Crippen LogP contribution < -0.4 is 15.2 Å². The number of nitrogens with two attached hydrogens (primary N) is 1. The Morgan fingerprint density at radius 2 is 1.78 bits per heavy atom. The highest BCUT2D eigenvalue weighted by Crippen LogP contribution is 2.30. The normalized spacial score (nSPS) is 14.1. The molecule has 4 nitrogen and oxygen atoms in total. The molecule has 4 heteroatoms. The summed E-state index contributed by atoms with van der Waals surface area (Å²) in [4.78, 5) is 0. The van der Waals surface area contributed by atoms with E-state index in [9.17, 15) is 0 Å². The van der Waals surface area contributed by atoms with E-state index in [0.29, 0.717) is 11.7 Å². The quantitative estimate of drug-likeness (QED) is 0.810. The second-order valence-electron chi connectivity index (χ2n) is 4.52. The molecule has 2 atom stereocenters. The summed E-state index contributed by atoms with van der Waals surface area (Å²) in [5.74, 6) is 1.86. The van der Waals surface area contributed by atoms with E-state index in [4.69, 9.17) is 19.9 Å². The maximum absolute atomic E-state index is 6.19. The highest BCUT2D eigenvalue weighted by molar-refractivity contribution is 5.43. The van der Waals surface area contributed by atoms with Crippen molar-refractivity contribution in [3.63, 3.8) is 0 Å². The summed E-state index contributed by atoms with van der Waals surface area (Å²) in [5.41, 5.74) is 7.24. The van der Waals surface area contributed by atoms with E-state index >= 15 is 0 Å². The largest absolute Gasteiger partial charge is 0.493 e. The smallest absolute Gasteiger partial charge is 0.161 e. The topological polar surface area (TPSA) is 53.7 Å². The van der Waals surface area contributed by atoms with E-state index in [1.54, 1.807) is 21.3 Å². The predicted octanol–water partition coefficient (Wildman–Crippen LogP) is 2.38. The first-order valence-electron chi connectivity index (χ1n) is 6.08. The number of benzene rings is 1. The van der Waals surface area contributed by atoms with Crippen molar-refractivity contribution >= 4 is 0 Å². The van der Waals surface area contributed by atoms with Gasteiger partial charge in [0, 0.05) is 19.8 Å². The van der Waals surface area contributed by atoms with E-state index in [0.717, 1.165) is 24.3 Å². The third-order valence-electron chi connectivity index (χ3n) is 2.94. The molecule has 0 amide bonds. The first kappa shape index (κ1) is 14.8. The maximum atomic E-state index is 6.19. The summed E-state index contributed by atoms with van der Waals surface area (Å²) in [6, 6.07) is 5.78. The van der Waals surface area contributed by atoms with Crippen LogP contribution in [0.25, 0.3) is 0 Å². The molecule has 0 radical (unpaired) electrons. The lowest BCUT2D eigenvalue weighted by Gasteiger charge is -2.18. The molecule has 1 rings (SSSR count). The van der Waals surface area contributed by atoms with Crippen LogP contribution >= 0.6 is 0 Å². The van der Waals surface area contributed by atoms with Crippen molar-refractivity contribution in [2.75, 3.05) is 27.9 Å². The fraction of sp³-hybridized carbons (Fsp3) is 0.571. The van der Waals surface area contributed by atoms with E-state index in [-0.39, 0.29) is 6.04 Å². The van der Waals surface area contributed by atoms with Crippen molar-refractivity contribution in [1.82, 2.24) is 0 Å². The van der Waals surface area contributed by atoms with Crippen molar-refractivity contribution < 1.29 is 14.2 Å². The number of hydrogen-bond acceptors (Lipinski definition) is 4. The molecule has 0 aliphatic heterocycles. The SMILES string of the molecule is COCC(C)CC(N)c1ccc(OC)c(OC)c1. The first-order valence-corrected chi connectivity index (χ1v) is 6.08. The molecule has 0 saturated carbocycles. The summed E-state index contributed by atoms with van der Waals surface area (Å²) >= 11 is 0. The highest BCUT2D eigenvalue weighted by atomic mass is 16.5. The second-order valence-corrected chi connectivity index (χ2v) is 4.52. The maximum Gasteiger partial charge on any atom is 0.161 e. The average molecular weight is 253 g/mol. The molecule has 0 fully saturated rings. The summed E-state index contributed by atoms with van der Waals surface area (Å²) in [7, 11) is 4.96. The Labute approximate surface area is 109 Å². The van der Waals surface area contributed by atoms with Crippen molar-refractivity contribution in [3.05, 3.63) is 23.8 Å². The van der Waals surface area contributed by atoms with Crippen LogP contribution in [0.15, 0.2) is 18.2 Å². The fourth-order valence-corrected chi connectivity index (χ4v) is 2.01. The Hall–Kier alpha value is -1.26. The van der Waals surface area contributed by atoms with Crippen molar-refractivity contribution in [1.29, 1.82) is 0 Å². The summed E-state index contributed by atoms with van der Waals surface area (Å²) in [5, 5.41) is 0. The molecular weight excluding hydrogens is 230 g/mol. The summed E-state index contributed by atoms with van der Waals surface area (Å²) in [6.45, 7) is 2.85. The van der Waals surface area contributed by atoms with Crippen LogP contribution in [-0.2, 0) is 4.74 Å². The molecule has 102 valence electrons. The molecule has 0 bridgehead atoms. The predicted molar refractivity (Wildman–Crippen MR) is 72.1 cm³/mol. The van der Waals surface area contributed by atoms with Crippen molar-refractivity contribution in [2.24, 2.45) is 11.7 Å². The van der Waals surface area contributed by atoms with Crippen molar-refractivity contribution in [3.8, 4) is 11.5 Å². The van der Waals surface area contributed by atoms with Gasteiger partial charge in [-0.15, -0.1) is 0 Å². The molecule has 0 heterocycles. The Morgan fingerprint density at radius 3 is 2.33 bits per heavy atom. The van der Waals surface area contributed by atoms with Crippen LogP contribution in [0.2, 0.25) is 0 Å². The minimum absolute atomic E-state index is 0.0186. The number of methoxy groups -OCH3 is 3. The van der Waals surface area contributed by atoms with Gasteiger partial charge in [0.25, 0.3) is 0 Å². The van der Waals surface area contributed by atoms with Crippen LogP contribution in [0.1, 0.15) is 24.9 Å². The van der Waals surface area contributed by atoms with Crippen LogP contribution in [0, 0.1) is 5.92 Å². The molecule has 1 aromatic rings. The van der Waals surface area contributed by atoms with Gasteiger partial charge in [-0.25, -0.2) is 0 Å². The third kappa shape index (κ3) is 3.89.